The first kappa shape index (κ1) is 19.8. The largest absolute Gasteiger partial charge is 0.397 e. The summed E-state index contributed by atoms with van der Waals surface area (Å²) in [6, 6.07) is 10.1. The fourth-order valence-electron chi connectivity index (χ4n) is 3.59. The van der Waals surface area contributed by atoms with Gasteiger partial charge in [0.2, 0.25) is 0 Å². The van der Waals surface area contributed by atoms with Crippen LogP contribution in [0.4, 0.5) is 5.69 Å². The van der Waals surface area contributed by atoms with Crippen LogP contribution in [0.25, 0.3) is 21.0 Å². The lowest BCUT2D eigenvalue weighted by Gasteiger charge is -2.01. The zero-order valence-corrected chi connectivity index (χ0v) is 17.1. The first-order chi connectivity index (χ1) is 13.2. The highest BCUT2D eigenvalue weighted by Crippen LogP contribution is 2.34. The molecule has 1 heterocycles. The summed E-state index contributed by atoms with van der Waals surface area (Å²) in [5, 5.41) is 2.83. The second-order valence-electron chi connectivity index (χ2n) is 7.39. The molecule has 0 aliphatic carbocycles. The number of Topliss-reactive ketones (excluding diaryl/α,β-unsaturated/α-hetero) is 1. The minimum Gasteiger partial charge on any atom is -0.397 e. The topological polar surface area (TPSA) is 56.0 Å². The highest BCUT2D eigenvalue weighted by molar-refractivity contribution is 7.21. The molecule has 0 amide bonds. The van der Waals surface area contributed by atoms with E-state index in [9.17, 15) is 4.79 Å². The number of aromatic nitrogens is 1. The van der Waals surface area contributed by atoms with Gasteiger partial charge in [-0.2, -0.15) is 0 Å². The van der Waals surface area contributed by atoms with Crippen LogP contribution in [0.3, 0.4) is 0 Å². The molecule has 0 aliphatic rings. The van der Waals surface area contributed by atoms with Crippen molar-refractivity contribution in [3.8, 4) is 0 Å². The van der Waals surface area contributed by atoms with Crippen LogP contribution in [-0.4, -0.2) is 10.8 Å². The second-order valence-corrected chi connectivity index (χ2v) is 8.38. The van der Waals surface area contributed by atoms with Crippen molar-refractivity contribution in [2.75, 3.05) is 5.73 Å². The van der Waals surface area contributed by atoms with E-state index in [0.717, 1.165) is 33.8 Å². The number of nitrogen functional groups attached to an aromatic ring is 1. The van der Waals surface area contributed by atoms with E-state index in [-0.39, 0.29) is 5.78 Å². The van der Waals surface area contributed by atoms with Crippen molar-refractivity contribution in [2.45, 2.75) is 71.1 Å². The van der Waals surface area contributed by atoms with Gasteiger partial charge < -0.3 is 5.73 Å². The third-order valence-corrected chi connectivity index (χ3v) is 6.29. The number of nitrogens with two attached hydrogens (primary N) is 1. The standard InChI is InChI=1S/C23H30N2OS/c1-2-3-4-5-6-7-8-9-10-15-20(26)23-25-21-19(24)16-17-13-11-12-14-18(17)22(21)27-23/h11-14,16H,2-10,15,24H2,1H3. The van der Waals surface area contributed by atoms with Gasteiger partial charge in [-0.05, 0) is 17.9 Å². The molecule has 2 aromatic carbocycles. The van der Waals surface area contributed by atoms with Gasteiger partial charge in [0, 0.05) is 11.8 Å². The Morgan fingerprint density at radius 2 is 1.67 bits per heavy atom. The Hall–Kier alpha value is -1.94. The van der Waals surface area contributed by atoms with Gasteiger partial charge in [-0.25, -0.2) is 4.98 Å². The molecule has 4 heteroatoms. The molecule has 0 fully saturated rings. The van der Waals surface area contributed by atoms with Crippen molar-refractivity contribution in [3.63, 3.8) is 0 Å². The summed E-state index contributed by atoms with van der Waals surface area (Å²) in [4.78, 5) is 17.1. The van der Waals surface area contributed by atoms with Crippen LogP contribution >= 0.6 is 11.3 Å². The number of carbonyl (C=O) groups excluding carboxylic acids is 1. The smallest absolute Gasteiger partial charge is 0.191 e. The van der Waals surface area contributed by atoms with E-state index in [1.165, 1.54) is 56.3 Å². The van der Waals surface area contributed by atoms with Crippen LogP contribution in [0.5, 0.6) is 0 Å². The van der Waals surface area contributed by atoms with Gasteiger partial charge in [-0.3, -0.25) is 4.79 Å². The van der Waals surface area contributed by atoms with Crippen molar-refractivity contribution < 1.29 is 4.79 Å². The van der Waals surface area contributed by atoms with Crippen molar-refractivity contribution >= 4 is 43.8 Å². The summed E-state index contributed by atoms with van der Waals surface area (Å²) in [5.41, 5.74) is 7.59. The Morgan fingerprint density at radius 1 is 1.00 bits per heavy atom. The van der Waals surface area contributed by atoms with Crippen molar-refractivity contribution in [1.29, 1.82) is 0 Å². The summed E-state index contributed by atoms with van der Waals surface area (Å²) in [7, 11) is 0. The molecule has 3 nitrogen and oxygen atoms in total. The minimum atomic E-state index is 0.155. The van der Waals surface area contributed by atoms with Gasteiger partial charge in [-0.15, -0.1) is 11.3 Å². The maximum absolute atomic E-state index is 12.6. The second kappa shape index (κ2) is 9.84. The monoisotopic (exact) mass is 382 g/mol. The van der Waals surface area contributed by atoms with Gasteiger partial charge in [-0.1, -0.05) is 82.6 Å². The van der Waals surface area contributed by atoms with E-state index in [1.54, 1.807) is 0 Å². The first-order valence-corrected chi connectivity index (χ1v) is 11.1. The number of anilines is 1. The SMILES string of the molecule is CCCCCCCCCCCC(=O)c1nc2c(N)cc3ccccc3c2s1. The van der Waals surface area contributed by atoms with Crippen molar-refractivity contribution in [3.05, 3.63) is 35.3 Å². The number of hydrogen-bond acceptors (Lipinski definition) is 4. The normalized spacial score (nSPS) is 11.4. The molecule has 0 saturated carbocycles. The zero-order chi connectivity index (χ0) is 19.1. The third kappa shape index (κ3) is 5.07. The summed E-state index contributed by atoms with van der Waals surface area (Å²) in [5.74, 6) is 0.155. The van der Waals surface area contributed by atoms with Crippen molar-refractivity contribution in [2.24, 2.45) is 0 Å². The van der Waals surface area contributed by atoms with Crippen LogP contribution in [-0.2, 0) is 0 Å². The Kier molecular flexibility index (Phi) is 7.22. The highest BCUT2D eigenvalue weighted by atomic mass is 32.1. The van der Waals surface area contributed by atoms with Gasteiger partial charge in [0.15, 0.2) is 10.8 Å². The minimum absolute atomic E-state index is 0.155. The number of hydrogen-bond donors (Lipinski definition) is 1. The third-order valence-electron chi connectivity index (χ3n) is 5.16. The van der Waals surface area contributed by atoms with Gasteiger partial charge in [0.1, 0.15) is 5.52 Å². The molecule has 0 saturated heterocycles. The van der Waals surface area contributed by atoms with Gasteiger partial charge >= 0.3 is 0 Å². The molecule has 3 aromatic rings. The van der Waals surface area contributed by atoms with Gasteiger partial charge in [0.05, 0.1) is 10.4 Å². The van der Waals surface area contributed by atoms with E-state index in [2.05, 4.69) is 24.0 Å². The van der Waals surface area contributed by atoms with Crippen LogP contribution in [0.1, 0.15) is 80.9 Å². The molecular weight excluding hydrogens is 352 g/mol. The predicted molar refractivity (Wildman–Crippen MR) is 118 cm³/mol. The number of thiazole rings is 1. The Morgan fingerprint density at radius 3 is 2.41 bits per heavy atom. The molecule has 0 radical (unpaired) electrons. The van der Waals surface area contributed by atoms with Gasteiger partial charge in [0.25, 0.3) is 0 Å². The average molecular weight is 383 g/mol. The van der Waals surface area contributed by atoms with E-state index < -0.39 is 0 Å². The van der Waals surface area contributed by atoms with Crippen LogP contribution in [0, 0.1) is 0 Å². The number of ketones is 1. The van der Waals surface area contributed by atoms with E-state index in [1.807, 2.05) is 18.2 Å². The summed E-state index contributed by atoms with van der Waals surface area (Å²) in [6.07, 6.45) is 11.9. The van der Waals surface area contributed by atoms with Crippen LogP contribution in [0.15, 0.2) is 30.3 Å². The van der Waals surface area contributed by atoms with Crippen molar-refractivity contribution in [1.82, 2.24) is 4.98 Å². The maximum atomic E-state index is 12.6. The lowest BCUT2D eigenvalue weighted by Crippen LogP contribution is -1.98. The molecule has 2 N–H and O–H groups in total. The number of unbranched alkanes of at least 4 members (excludes halogenated alkanes) is 8. The zero-order valence-electron chi connectivity index (χ0n) is 16.3. The Bertz CT molecular complexity index is 900. The Balaban J connectivity index is 1.52. The number of nitrogens with zero attached hydrogens (tertiary/aromatic N) is 1. The van der Waals surface area contributed by atoms with E-state index in [0.29, 0.717) is 17.1 Å². The molecule has 144 valence electrons. The molecule has 0 bridgehead atoms. The molecule has 27 heavy (non-hydrogen) atoms. The average Bonchev–Trinajstić information content (AvgIpc) is 3.13. The molecule has 3 rings (SSSR count). The molecule has 0 aliphatic heterocycles. The molecular formula is C23H30N2OS. The summed E-state index contributed by atoms with van der Waals surface area (Å²) < 4.78 is 1.03. The Labute approximate surface area is 166 Å². The fourth-order valence-corrected chi connectivity index (χ4v) is 4.69. The van der Waals surface area contributed by atoms with Crippen LogP contribution in [0.2, 0.25) is 0 Å². The molecule has 0 atom stereocenters. The molecule has 0 spiro atoms. The van der Waals surface area contributed by atoms with E-state index in [4.69, 9.17) is 5.73 Å². The lowest BCUT2D eigenvalue weighted by atomic mass is 10.1. The number of carbonyl (C=O) groups is 1. The molecule has 0 unspecified atom stereocenters. The first-order valence-electron chi connectivity index (χ1n) is 10.3. The number of rotatable bonds is 11. The number of benzene rings is 2. The summed E-state index contributed by atoms with van der Waals surface area (Å²) >= 11 is 1.49. The summed E-state index contributed by atoms with van der Waals surface area (Å²) in [6.45, 7) is 2.25. The number of fused-ring (bicyclic) bond motifs is 3. The quantitative estimate of drug-likeness (QED) is 0.218. The lowest BCUT2D eigenvalue weighted by molar-refractivity contribution is 0.0979. The van der Waals surface area contributed by atoms with E-state index >= 15 is 0 Å². The highest BCUT2D eigenvalue weighted by Gasteiger charge is 2.15. The maximum Gasteiger partial charge on any atom is 0.191 e. The fraction of sp³-hybridized carbons (Fsp3) is 0.478. The predicted octanol–water partition coefficient (Wildman–Crippen LogP) is 7.14. The van der Waals surface area contributed by atoms with Crippen LogP contribution < -0.4 is 5.73 Å². The molecule has 1 aromatic heterocycles.